The van der Waals surface area contributed by atoms with Crippen molar-refractivity contribution in [3.05, 3.63) is 35.4 Å². The molecular weight excluding hydrogens is 288 g/mol. The van der Waals surface area contributed by atoms with E-state index in [0.29, 0.717) is 13.2 Å². The van der Waals surface area contributed by atoms with Gasteiger partial charge in [-0.2, -0.15) is 0 Å². The molecule has 0 aliphatic carbocycles. The molecule has 1 aromatic carbocycles. The number of aryl methyl sites for hydroxylation is 1. The van der Waals surface area contributed by atoms with E-state index in [1.807, 2.05) is 11.8 Å². The summed E-state index contributed by atoms with van der Waals surface area (Å²) >= 11 is 0. The van der Waals surface area contributed by atoms with E-state index in [2.05, 4.69) is 36.5 Å². The van der Waals surface area contributed by atoms with Crippen LogP contribution in [0.3, 0.4) is 0 Å². The Morgan fingerprint density at radius 1 is 1.26 bits per heavy atom. The minimum absolute atomic E-state index is 0.0639. The molecule has 1 N–H and O–H groups in total. The average Bonchev–Trinajstić information content (AvgIpc) is 2.81. The van der Waals surface area contributed by atoms with Crippen LogP contribution < -0.4 is 5.32 Å². The number of carbonyl (C=O) groups is 1. The number of carbonyl (C=O) groups excluding carboxylic acids is 1. The number of likely N-dealkylation sites (tertiary alicyclic amines) is 1. The van der Waals surface area contributed by atoms with Crippen LogP contribution in [0.1, 0.15) is 56.2 Å². The van der Waals surface area contributed by atoms with Crippen LogP contribution >= 0.6 is 0 Å². The van der Waals surface area contributed by atoms with Crippen LogP contribution in [0.2, 0.25) is 0 Å². The summed E-state index contributed by atoms with van der Waals surface area (Å²) in [5, 5.41) is 3.06. The molecule has 0 saturated carbocycles. The van der Waals surface area contributed by atoms with Crippen LogP contribution in [0.25, 0.3) is 0 Å². The minimum Gasteiger partial charge on any atom is -0.382 e. The minimum atomic E-state index is 0.0639. The van der Waals surface area contributed by atoms with Gasteiger partial charge in [0.25, 0.3) is 0 Å². The Bertz CT molecular complexity index is 473. The number of ether oxygens (including phenoxy) is 1. The van der Waals surface area contributed by atoms with Gasteiger partial charge in [-0.15, -0.1) is 0 Å². The maximum Gasteiger partial charge on any atom is 0.317 e. The molecule has 0 bridgehead atoms. The van der Waals surface area contributed by atoms with E-state index in [4.69, 9.17) is 4.74 Å². The molecule has 1 atom stereocenters. The van der Waals surface area contributed by atoms with E-state index in [1.165, 1.54) is 24.0 Å². The summed E-state index contributed by atoms with van der Waals surface area (Å²) in [6, 6.07) is 8.87. The highest BCUT2D eigenvalue weighted by Gasteiger charge is 2.26. The first-order chi connectivity index (χ1) is 11.2. The molecule has 1 heterocycles. The molecular formula is C19H30N2O2. The number of hydrogen-bond acceptors (Lipinski definition) is 2. The predicted molar refractivity (Wildman–Crippen MR) is 93.6 cm³/mol. The van der Waals surface area contributed by atoms with Gasteiger partial charge in [0.1, 0.15) is 0 Å². The zero-order valence-electron chi connectivity index (χ0n) is 14.5. The smallest absolute Gasteiger partial charge is 0.317 e. The van der Waals surface area contributed by atoms with Crippen molar-refractivity contribution < 1.29 is 9.53 Å². The molecule has 0 aromatic heterocycles. The molecule has 2 rings (SSSR count). The van der Waals surface area contributed by atoms with Crippen LogP contribution in [-0.4, -0.2) is 37.2 Å². The Morgan fingerprint density at radius 2 is 2.04 bits per heavy atom. The first-order valence-electron chi connectivity index (χ1n) is 8.91. The number of rotatable bonds is 6. The molecule has 23 heavy (non-hydrogen) atoms. The van der Waals surface area contributed by atoms with E-state index >= 15 is 0 Å². The van der Waals surface area contributed by atoms with Crippen molar-refractivity contribution in [1.29, 1.82) is 0 Å². The number of hydrogen-bond donors (Lipinski definition) is 1. The quantitative estimate of drug-likeness (QED) is 0.804. The molecule has 1 saturated heterocycles. The fraction of sp³-hybridized carbons (Fsp3) is 0.632. The van der Waals surface area contributed by atoms with Gasteiger partial charge in [-0.05, 0) is 38.7 Å². The first kappa shape index (κ1) is 17.8. The van der Waals surface area contributed by atoms with Gasteiger partial charge in [0.2, 0.25) is 0 Å². The van der Waals surface area contributed by atoms with Crippen molar-refractivity contribution in [1.82, 2.24) is 10.2 Å². The van der Waals surface area contributed by atoms with Gasteiger partial charge < -0.3 is 15.0 Å². The van der Waals surface area contributed by atoms with E-state index in [0.717, 1.165) is 32.4 Å². The molecule has 0 unspecified atom stereocenters. The monoisotopic (exact) mass is 318 g/mol. The van der Waals surface area contributed by atoms with Gasteiger partial charge >= 0.3 is 6.03 Å². The summed E-state index contributed by atoms with van der Waals surface area (Å²) in [6.45, 7) is 7.04. The van der Waals surface area contributed by atoms with Crippen LogP contribution in [0, 0.1) is 6.92 Å². The largest absolute Gasteiger partial charge is 0.382 e. The Kier molecular flexibility index (Phi) is 7.40. The van der Waals surface area contributed by atoms with E-state index in [-0.39, 0.29) is 12.1 Å². The van der Waals surface area contributed by atoms with Crippen molar-refractivity contribution in [2.24, 2.45) is 0 Å². The first-order valence-corrected chi connectivity index (χ1v) is 8.91. The molecule has 2 amide bonds. The zero-order valence-corrected chi connectivity index (χ0v) is 14.5. The highest BCUT2D eigenvalue weighted by atomic mass is 16.5. The van der Waals surface area contributed by atoms with Gasteiger partial charge in [0.15, 0.2) is 0 Å². The lowest BCUT2D eigenvalue weighted by atomic mass is 10.00. The summed E-state index contributed by atoms with van der Waals surface area (Å²) in [5.41, 5.74) is 2.51. The summed E-state index contributed by atoms with van der Waals surface area (Å²) in [4.78, 5) is 14.6. The number of nitrogens with one attached hydrogen (secondary N) is 1. The summed E-state index contributed by atoms with van der Waals surface area (Å²) in [5.74, 6) is 0. The summed E-state index contributed by atoms with van der Waals surface area (Å²) < 4.78 is 5.32. The molecule has 128 valence electrons. The maximum atomic E-state index is 12.6. The molecule has 4 nitrogen and oxygen atoms in total. The second-order valence-electron chi connectivity index (χ2n) is 6.25. The standard InChI is InChI=1S/C19H30N2O2/c1-3-23-15-7-13-20-19(22)21-14-6-4-5-8-18(21)17-11-9-16(2)10-12-17/h9-12,18H,3-8,13-15H2,1-2H3,(H,20,22)/t18-/m0/s1. The lowest BCUT2D eigenvalue weighted by Crippen LogP contribution is -2.42. The zero-order chi connectivity index (χ0) is 16.5. The van der Waals surface area contributed by atoms with E-state index in [9.17, 15) is 4.79 Å². The Labute approximate surface area is 140 Å². The van der Waals surface area contributed by atoms with Gasteiger partial charge in [-0.1, -0.05) is 42.7 Å². The topological polar surface area (TPSA) is 41.6 Å². The Balaban J connectivity index is 1.97. The summed E-state index contributed by atoms with van der Waals surface area (Å²) in [7, 11) is 0. The molecule has 1 aliphatic heterocycles. The Morgan fingerprint density at radius 3 is 2.78 bits per heavy atom. The second-order valence-corrected chi connectivity index (χ2v) is 6.25. The van der Waals surface area contributed by atoms with Crippen molar-refractivity contribution in [3.8, 4) is 0 Å². The maximum absolute atomic E-state index is 12.6. The van der Waals surface area contributed by atoms with Gasteiger partial charge in [-0.3, -0.25) is 0 Å². The van der Waals surface area contributed by atoms with Crippen LogP contribution in [0.15, 0.2) is 24.3 Å². The second kappa shape index (κ2) is 9.56. The van der Waals surface area contributed by atoms with Gasteiger partial charge in [0.05, 0.1) is 6.04 Å². The number of benzene rings is 1. The van der Waals surface area contributed by atoms with Gasteiger partial charge in [-0.25, -0.2) is 4.79 Å². The van der Waals surface area contributed by atoms with Crippen LogP contribution in [0.5, 0.6) is 0 Å². The number of nitrogens with zero attached hydrogens (tertiary/aromatic N) is 1. The van der Waals surface area contributed by atoms with Gasteiger partial charge in [0, 0.05) is 26.3 Å². The van der Waals surface area contributed by atoms with Crippen molar-refractivity contribution in [2.75, 3.05) is 26.3 Å². The number of urea groups is 1. The predicted octanol–water partition coefficient (Wildman–Crippen LogP) is 4.05. The van der Waals surface area contributed by atoms with E-state index in [1.54, 1.807) is 0 Å². The lowest BCUT2D eigenvalue weighted by molar-refractivity contribution is 0.142. The van der Waals surface area contributed by atoms with Crippen molar-refractivity contribution in [3.63, 3.8) is 0 Å². The fourth-order valence-electron chi connectivity index (χ4n) is 3.10. The molecule has 1 fully saturated rings. The number of amides is 2. The van der Waals surface area contributed by atoms with Crippen LogP contribution in [-0.2, 0) is 4.74 Å². The average molecular weight is 318 g/mol. The summed E-state index contributed by atoms with van der Waals surface area (Å²) in [6.07, 6.45) is 5.40. The van der Waals surface area contributed by atoms with Crippen molar-refractivity contribution in [2.45, 2.75) is 52.0 Å². The molecule has 1 aliphatic rings. The SMILES string of the molecule is CCOCCCNC(=O)N1CCCCC[C@H]1c1ccc(C)cc1. The molecule has 0 spiro atoms. The molecule has 4 heteroatoms. The third kappa shape index (κ3) is 5.54. The van der Waals surface area contributed by atoms with E-state index < -0.39 is 0 Å². The highest BCUT2D eigenvalue weighted by Crippen LogP contribution is 2.30. The fourth-order valence-corrected chi connectivity index (χ4v) is 3.10. The normalized spacial score (nSPS) is 18.5. The molecule has 1 aromatic rings. The van der Waals surface area contributed by atoms with Crippen molar-refractivity contribution >= 4 is 6.03 Å². The third-order valence-corrected chi connectivity index (χ3v) is 4.42. The third-order valence-electron chi connectivity index (χ3n) is 4.42. The Hall–Kier alpha value is -1.55. The lowest BCUT2D eigenvalue weighted by Gasteiger charge is -2.30. The van der Waals surface area contributed by atoms with Crippen LogP contribution in [0.4, 0.5) is 4.79 Å². The highest BCUT2D eigenvalue weighted by molar-refractivity contribution is 5.74. The molecule has 0 radical (unpaired) electrons.